The molecule has 3 N–H and O–H groups in total. The number of aromatic nitrogens is 2. The van der Waals surface area contributed by atoms with E-state index >= 15 is 0 Å². The van der Waals surface area contributed by atoms with E-state index in [1.807, 2.05) is 0 Å². The van der Waals surface area contributed by atoms with Gasteiger partial charge in [-0.05, 0) is 12.1 Å². The Bertz CT molecular complexity index is 670. The fourth-order valence-corrected chi connectivity index (χ4v) is 2.76. The number of hydrogen-bond acceptors (Lipinski definition) is 7. The van der Waals surface area contributed by atoms with Crippen molar-refractivity contribution in [2.45, 2.75) is 11.3 Å². The molecule has 20 heavy (non-hydrogen) atoms. The van der Waals surface area contributed by atoms with Gasteiger partial charge in [-0.1, -0.05) is 5.16 Å². The van der Waals surface area contributed by atoms with Gasteiger partial charge in [-0.15, -0.1) is 0 Å². The number of methoxy groups -OCH3 is 1. The van der Waals surface area contributed by atoms with Crippen LogP contribution in [0.15, 0.2) is 34.0 Å². The topological polar surface area (TPSA) is 120 Å². The summed E-state index contributed by atoms with van der Waals surface area (Å²) in [5.41, 5.74) is 6.01. The van der Waals surface area contributed by atoms with E-state index in [1.165, 1.54) is 31.7 Å². The first kappa shape index (κ1) is 14.3. The lowest BCUT2D eigenvalue weighted by Crippen LogP contribution is -2.26. The molecule has 0 bridgehead atoms. The highest BCUT2D eigenvalue weighted by molar-refractivity contribution is 7.89. The Kier molecular flexibility index (Phi) is 4.20. The lowest BCUT2D eigenvalue weighted by molar-refractivity contribution is 0.402. The second kappa shape index (κ2) is 5.88. The van der Waals surface area contributed by atoms with E-state index in [-0.39, 0.29) is 17.2 Å². The monoisotopic (exact) mass is 298 g/mol. The quantitative estimate of drug-likeness (QED) is 0.730. The average molecular weight is 298 g/mol. The van der Waals surface area contributed by atoms with E-state index in [0.29, 0.717) is 17.9 Å². The van der Waals surface area contributed by atoms with E-state index in [0.717, 1.165) is 0 Å². The van der Waals surface area contributed by atoms with Gasteiger partial charge in [0.05, 0.1) is 7.11 Å². The molecule has 0 radical (unpaired) electrons. The highest BCUT2D eigenvalue weighted by Crippen LogP contribution is 2.25. The fourth-order valence-electron chi connectivity index (χ4n) is 1.58. The van der Waals surface area contributed by atoms with Crippen LogP contribution in [0.1, 0.15) is 5.82 Å². The lowest BCUT2D eigenvalue weighted by Gasteiger charge is -2.10. The Labute approximate surface area is 116 Å². The van der Waals surface area contributed by atoms with Crippen LogP contribution in [0.25, 0.3) is 0 Å². The molecule has 0 saturated heterocycles. The number of hydrogen-bond donors (Lipinski definition) is 2. The first-order chi connectivity index (χ1) is 9.53. The Morgan fingerprint density at radius 2 is 2.25 bits per heavy atom. The minimum atomic E-state index is -3.69. The number of sulfonamides is 1. The molecule has 1 aromatic heterocycles. The summed E-state index contributed by atoms with van der Waals surface area (Å²) in [5.74, 6) is 0.619. The second-order valence-corrected chi connectivity index (χ2v) is 5.64. The molecule has 9 heteroatoms. The number of benzene rings is 1. The second-order valence-electron chi connectivity index (χ2n) is 3.91. The van der Waals surface area contributed by atoms with Gasteiger partial charge < -0.3 is 15.0 Å². The van der Waals surface area contributed by atoms with Crippen LogP contribution in [0.3, 0.4) is 0 Å². The zero-order valence-corrected chi connectivity index (χ0v) is 11.6. The van der Waals surface area contributed by atoms with Crippen LogP contribution in [0.5, 0.6) is 5.75 Å². The van der Waals surface area contributed by atoms with Crippen molar-refractivity contribution in [1.82, 2.24) is 14.9 Å². The Balaban J connectivity index is 2.10. The maximum Gasteiger partial charge on any atom is 0.244 e. The fraction of sp³-hybridized carbons (Fsp3) is 0.273. The number of nitrogens with two attached hydrogens (primary N) is 1. The molecule has 0 aliphatic carbocycles. The van der Waals surface area contributed by atoms with Crippen molar-refractivity contribution in [3.8, 4) is 5.75 Å². The normalized spacial score (nSPS) is 11.4. The summed E-state index contributed by atoms with van der Waals surface area (Å²) in [4.78, 5) is 3.83. The molecule has 0 aliphatic heterocycles. The smallest absolute Gasteiger partial charge is 0.244 e. The summed E-state index contributed by atoms with van der Waals surface area (Å²) in [7, 11) is -2.31. The molecule has 0 fully saturated rings. The maximum atomic E-state index is 12.2. The van der Waals surface area contributed by atoms with Crippen LogP contribution in [-0.4, -0.2) is 32.2 Å². The zero-order valence-electron chi connectivity index (χ0n) is 10.7. The molecular weight excluding hydrogens is 284 g/mol. The van der Waals surface area contributed by atoms with Crippen molar-refractivity contribution in [2.75, 3.05) is 19.4 Å². The van der Waals surface area contributed by atoms with Gasteiger partial charge in [0.2, 0.25) is 16.4 Å². The van der Waals surface area contributed by atoms with Gasteiger partial charge in [-0.25, -0.2) is 13.1 Å². The van der Waals surface area contributed by atoms with Gasteiger partial charge in [0.25, 0.3) is 0 Å². The van der Waals surface area contributed by atoms with Gasteiger partial charge in [0, 0.05) is 24.7 Å². The molecular formula is C11H14N4O4S. The molecule has 0 atom stereocenters. The van der Waals surface area contributed by atoms with Crippen molar-refractivity contribution in [2.24, 2.45) is 0 Å². The number of anilines is 1. The SMILES string of the molecule is COc1cc(N)ccc1S(=O)(=O)NCCc1ncon1. The van der Waals surface area contributed by atoms with E-state index < -0.39 is 10.0 Å². The minimum absolute atomic E-state index is 0.0299. The molecule has 0 saturated carbocycles. The third-order valence-electron chi connectivity index (χ3n) is 2.52. The van der Waals surface area contributed by atoms with Crippen molar-refractivity contribution < 1.29 is 17.7 Å². The predicted octanol–water partition coefficient (Wildman–Crippen LogP) is 0.181. The van der Waals surface area contributed by atoms with E-state index in [9.17, 15) is 8.42 Å². The highest BCUT2D eigenvalue weighted by Gasteiger charge is 2.19. The predicted molar refractivity (Wildman–Crippen MR) is 70.6 cm³/mol. The Morgan fingerprint density at radius 1 is 1.45 bits per heavy atom. The van der Waals surface area contributed by atoms with Crippen LogP contribution in [0, 0.1) is 0 Å². The van der Waals surface area contributed by atoms with Gasteiger partial charge >= 0.3 is 0 Å². The molecule has 2 rings (SSSR count). The van der Waals surface area contributed by atoms with E-state index in [4.69, 9.17) is 10.5 Å². The standard InChI is InChI=1S/C11H14N4O4S/c1-18-9-6-8(12)2-3-10(9)20(16,17)14-5-4-11-13-7-19-15-11/h2-3,6-7,14H,4-5,12H2,1H3. The Hall–Kier alpha value is -2.13. The molecule has 2 aromatic rings. The van der Waals surface area contributed by atoms with Gasteiger partial charge in [-0.2, -0.15) is 4.98 Å². The average Bonchev–Trinajstić information content (AvgIpc) is 2.91. The molecule has 1 heterocycles. The molecule has 0 unspecified atom stereocenters. The highest BCUT2D eigenvalue weighted by atomic mass is 32.2. The summed E-state index contributed by atoms with van der Waals surface area (Å²) in [6.07, 6.45) is 1.51. The van der Waals surface area contributed by atoms with Crippen molar-refractivity contribution in [1.29, 1.82) is 0 Å². The van der Waals surface area contributed by atoms with Crippen LogP contribution in [0.2, 0.25) is 0 Å². The molecule has 1 aromatic carbocycles. The lowest BCUT2D eigenvalue weighted by atomic mass is 10.3. The molecule has 0 spiro atoms. The van der Waals surface area contributed by atoms with Crippen molar-refractivity contribution in [3.05, 3.63) is 30.4 Å². The first-order valence-corrected chi connectivity index (χ1v) is 7.19. The van der Waals surface area contributed by atoms with Crippen LogP contribution >= 0.6 is 0 Å². The van der Waals surface area contributed by atoms with Gasteiger partial charge in [-0.3, -0.25) is 0 Å². The third-order valence-corrected chi connectivity index (χ3v) is 4.03. The summed E-state index contributed by atoms with van der Waals surface area (Å²) in [5, 5.41) is 3.59. The number of nitrogens with zero attached hydrogens (tertiary/aromatic N) is 2. The molecule has 0 amide bonds. The third kappa shape index (κ3) is 3.25. The van der Waals surface area contributed by atoms with Gasteiger partial charge in [0.1, 0.15) is 10.6 Å². The van der Waals surface area contributed by atoms with Crippen molar-refractivity contribution in [3.63, 3.8) is 0 Å². The summed E-state index contributed by atoms with van der Waals surface area (Å²) < 4.78 is 36.3. The molecule has 108 valence electrons. The van der Waals surface area contributed by atoms with E-state index in [1.54, 1.807) is 0 Å². The summed E-state index contributed by atoms with van der Waals surface area (Å²) >= 11 is 0. The molecule has 0 aliphatic rings. The van der Waals surface area contributed by atoms with E-state index in [2.05, 4.69) is 19.4 Å². The Morgan fingerprint density at radius 3 is 2.90 bits per heavy atom. The molecule has 8 nitrogen and oxygen atoms in total. The number of rotatable bonds is 6. The zero-order chi connectivity index (χ0) is 14.6. The van der Waals surface area contributed by atoms with Crippen LogP contribution in [0.4, 0.5) is 5.69 Å². The van der Waals surface area contributed by atoms with Gasteiger partial charge in [0.15, 0.2) is 5.82 Å². The van der Waals surface area contributed by atoms with Crippen LogP contribution < -0.4 is 15.2 Å². The number of nitrogens with one attached hydrogen (secondary N) is 1. The summed E-state index contributed by atoms with van der Waals surface area (Å²) in [6.45, 7) is 0.148. The number of ether oxygens (including phenoxy) is 1. The largest absolute Gasteiger partial charge is 0.495 e. The summed E-state index contributed by atoms with van der Waals surface area (Å²) in [6, 6.07) is 4.34. The number of nitrogen functional groups attached to an aromatic ring is 1. The maximum absolute atomic E-state index is 12.2. The van der Waals surface area contributed by atoms with Crippen LogP contribution in [-0.2, 0) is 16.4 Å². The first-order valence-electron chi connectivity index (χ1n) is 5.71. The van der Waals surface area contributed by atoms with Crippen molar-refractivity contribution >= 4 is 15.7 Å². The minimum Gasteiger partial charge on any atom is -0.495 e.